The van der Waals surface area contributed by atoms with E-state index in [1.807, 2.05) is 43.3 Å². The first-order chi connectivity index (χ1) is 16.9. The minimum atomic E-state index is -1.45. The minimum Gasteiger partial charge on any atom is -0.493 e. The van der Waals surface area contributed by atoms with Gasteiger partial charge < -0.3 is 23.9 Å². The molecule has 6 heteroatoms. The fourth-order valence-corrected chi connectivity index (χ4v) is 7.03. The summed E-state index contributed by atoms with van der Waals surface area (Å²) in [6.07, 6.45) is 8.14. The highest BCUT2D eigenvalue weighted by molar-refractivity contribution is 5.85. The van der Waals surface area contributed by atoms with Crippen LogP contribution in [0, 0.1) is 25.2 Å². The number of carbonyl (C=O) groups is 1. The number of ether oxygens (including phenoxy) is 2. The molecule has 0 unspecified atom stereocenters. The van der Waals surface area contributed by atoms with Gasteiger partial charge in [-0.15, -0.1) is 6.42 Å². The van der Waals surface area contributed by atoms with E-state index in [9.17, 15) is 9.90 Å². The fourth-order valence-electron chi connectivity index (χ4n) is 7.03. The topological polar surface area (TPSA) is 72.1 Å². The molecule has 1 spiro atoms. The van der Waals surface area contributed by atoms with E-state index in [1.165, 1.54) is 0 Å². The smallest absolute Gasteiger partial charge is 0.226 e. The lowest BCUT2D eigenvalue weighted by molar-refractivity contribution is -0.170. The summed E-state index contributed by atoms with van der Waals surface area (Å²) >= 11 is 0. The Balaban J connectivity index is 1.53. The number of hydrogen-bond donors (Lipinski definition) is 1. The number of fused-ring (bicyclic) bond motifs is 5. The molecule has 178 valence electrons. The number of furan rings is 1. The Bertz CT molecular complexity index is 1450. The van der Waals surface area contributed by atoms with Crippen LogP contribution in [0.15, 0.2) is 40.8 Å². The second-order valence-corrected chi connectivity index (χ2v) is 10.4. The largest absolute Gasteiger partial charge is 0.493 e. The van der Waals surface area contributed by atoms with E-state index < -0.39 is 23.2 Å². The van der Waals surface area contributed by atoms with Crippen molar-refractivity contribution in [2.75, 3.05) is 13.7 Å². The summed E-state index contributed by atoms with van der Waals surface area (Å²) in [7, 11) is 1.62. The lowest BCUT2D eigenvalue weighted by atomic mass is 9.52. The highest BCUT2D eigenvalue weighted by atomic mass is 16.5. The number of para-hydroxylation sites is 1. The lowest BCUT2D eigenvalue weighted by Crippen LogP contribution is -2.72. The Morgan fingerprint density at radius 1 is 1.26 bits per heavy atom. The van der Waals surface area contributed by atoms with Crippen LogP contribution in [0.2, 0.25) is 0 Å². The van der Waals surface area contributed by atoms with E-state index in [2.05, 4.69) is 5.92 Å². The van der Waals surface area contributed by atoms with Crippen molar-refractivity contribution < 1.29 is 23.8 Å². The van der Waals surface area contributed by atoms with Crippen LogP contribution in [0.1, 0.15) is 47.8 Å². The number of benzene rings is 2. The Morgan fingerprint density at radius 3 is 2.80 bits per heavy atom. The molecule has 1 saturated heterocycles. The van der Waals surface area contributed by atoms with Crippen LogP contribution in [0.3, 0.4) is 0 Å². The van der Waals surface area contributed by atoms with E-state index in [4.69, 9.17) is 20.3 Å². The van der Waals surface area contributed by atoms with E-state index in [0.29, 0.717) is 24.5 Å². The van der Waals surface area contributed by atoms with Gasteiger partial charge in [-0.2, -0.15) is 0 Å². The summed E-state index contributed by atoms with van der Waals surface area (Å²) in [5.74, 6) is 4.89. The fraction of sp³-hybridized carbons (Fsp3) is 0.414. The molecular weight excluding hydrogens is 442 g/mol. The van der Waals surface area contributed by atoms with Crippen LogP contribution in [0.5, 0.6) is 11.5 Å². The average Bonchev–Trinajstić information content (AvgIpc) is 3.56. The van der Waals surface area contributed by atoms with Gasteiger partial charge in [-0.1, -0.05) is 30.2 Å². The third kappa shape index (κ3) is 2.42. The van der Waals surface area contributed by atoms with Crippen LogP contribution < -0.4 is 9.47 Å². The molecule has 2 aromatic carbocycles. The highest BCUT2D eigenvalue weighted by Crippen LogP contribution is 2.67. The van der Waals surface area contributed by atoms with Crippen molar-refractivity contribution in [1.82, 2.24) is 4.90 Å². The predicted octanol–water partition coefficient (Wildman–Crippen LogP) is 4.05. The van der Waals surface area contributed by atoms with Gasteiger partial charge in [0.25, 0.3) is 0 Å². The van der Waals surface area contributed by atoms with Crippen LogP contribution >= 0.6 is 0 Å². The zero-order valence-electron chi connectivity index (χ0n) is 19.8. The highest BCUT2D eigenvalue weighted by Gasteiger charge is 2.72. The first-order valence-electron chi connectivity index (χ1n) is 12.3. The number of carbonyl (C=O) groups excluding carboxylic acids is 1. The number of terminal acetylenes is 1. The molecule has 2 aliphatic carbocycles. The van der Waals surface area contributed by atoms with Crippen molar-refractivity contribution in [2.24, 2.45) is 5.92 Å². The van der Waals surface area contributed by atoms with Crippen LogP contribution in [0.25, 0.3) is 11.0 Å². The summed E-state index contributed by atoms with van der Waals surface area (Å²) in [5, 5.41) is 13.8. The Labute approximate surface area is 203 Å². The molecule has 1 aromatic heterocycles. The molecule has 3 heterocycles. The maximum absolute atomic E-state index is 13.3. The summed E-state index contributed by atoms with van der Waals surface area (Å²) < 4.78 is 18.8. The summed E-state index contributed by atoms with van der Waals surface area (Å²) in [4.78, 5) is 15.1. The number of rotatable bonds is 2. The molecule has 1 saturated carbocycles. The van der Waals surface area contributed by atoms with Gasteiger partial charge in [0, 0.05) is 35.4 Å². The summed E-state index contributed by atoms with van der Waals surface area (Å²) in [6, 6.07) is 10.9. The molecule has 0 radical (unpaired) electrons. The monoisotopic (exact) mass is 469 g/mol. The van der Waals surface area contributed by atoms with Gasteiger partial charge in [-0.25, -0.2) is 0 Å². The Hall–Kier alpha value is -3.43. The molecule has 0 bridgehead atoms. The van der Waals surface area contributed by atoms with Gasteiger partial charge in [-0.05, 0) is 43.9 Å². The van der Waals surface area contributed by atoms with E-state index in [-0.39, 0.29) is 18.2 Å². The SMILES string of the molecule is C#C[C@H]1N(C(=O)C2CC2)CC[C@]23c4c(C)ccc(OC)c4O[C@H]2c2oc4ccccc4c2C[C@@]13O. The van der Waals surface area contributed by atoms with Gasteiger partial charge in [0.1, 0.15) is 23.0 Å². The van der Waals surface area contributed by atoms with Gasteiger partial charge in [0.05, 0.1) is 12.5 Å². The van der Waals surface area contributed by atoms with Crippen molar-refractivity contribution in [3.63, 3.8) is 0 Å². The van der Waals surface area contributed by atoms with Crippen molar-refractivity contribution in [3.05, 3.63) is 58.8 Å². The molecule has 2 fully saturated rings. The Kier molecular flexibility index (Phi) is 4.08. The van der Waals surface area contributed by atoms with Crippen LogP contribution in [0.4, 0.5) is 0 Å². The van der Waals surface area contributed by atoms with Gasteiger partial charge in [0.15, 0.2) is 17.6 Å². The zero-order chi connectivity index (χ0) is 24.1. The number of likely N-dealkylation sites (tertiary alicyclic amines) is 1. The molecule has 6 nitrogen and oxygen atoms in total. The number of methoxy groups -OCH3 is 1. The summed E-state index contributed by atoms with van der Waals surface area (Å²) in [5.41, 5.74) is 1.24. The maximum atomic E-state index is 13.3. The van der Waals surface area contributed by atoms with Crippen LogP contribution in [-0.2, 0) is 16.6 Å². The molecule has 4 atom stereocenters. The average molecular weight is 470 g/mol. The first kappa shape index (κ1) is 20.9. The number of hydrogen-bond acceptors (Lipinski definition) is 5. The van der Waals surface area contributed by atoms with Gasteiger partial charge in [-0.3, -0.25) is 4.79 Å². The predicted molar refractivity (Wildman–Crippen MR) is 129 cm³/mol. The number of nitrogens with zero attached hydrogens (tertiary/aromatic N) is 1. The zero-order valence-corrected chi connectivity index (χ0v) is 19.8. The number of aliphatic hydroxyl groups is 1. The number of aryl methyl sites for hydroxylation is 1. The maximum Gasteiger partial charge on any atom is 0.226 e. The van der Waals surface area contributed by atoms with Crippen molar-refractivity contribution in [2.45, 2.75) is 55.8 Å². The molecule has 4 aliphatic rings. The van der Waals surface area contributed by atoms with Crippen LogP contribution in [-0.4, -0.2) is 41.2 Å². The second-order valence-electron chi connectivity index (χ2n) is 10.4. The third-order valence-electron chi connectivity index (χ3n) is 8.74. The molecule has 7 rings (SSSR count). The van der Waals surface area contributed by atoms with Gasteiger partial charge >= 0.3 is 0 Å². The Morgan fingerprint density at radius 2 is 2.06 bits per heavy atom. The molecular formula is C29H27NO5. The summed E-state index contributed by atoms with van der Waals surface area (Å²) in [6.45, 7) is 2.48. The minimum absolute atomic E-state index is 0.0159. The molecule has 1 amide bonds. The number of piperidine rings is 1. The molecule has 2 aliphatic heterocycles. The van der Waals surface area contributed by atoms with Crippen molar-refractivity contribution >= 4 is 16.9 Å². The molecule has 3 aromatic rings. The van der Waals surface area contributed by atoms with E-state index in [0.717, 1.165) is 46.3 Å². The number of amides is 1. The first-order valence-corrected chi connectivity index (χ1v) is 12.3. The van der Waals surface area contributed by atoms with E-state index >= 15 is 0 Å². The third-order valence-corrected chi connectivity index (χ3v) is 8.74. The normalized spacial score (nSPS) is 30.5. The second kappa shape index (κ2) is 6.83. The van der Waals surface area contributed by atoms with Gasteiger partial charge in [0.2, 0.25) is 5.91 Å². The lowest BCUT2D eigenvalue weighted by Gasteiger charge is -2.58. The van der Waals surface area contributed by atoms with E-state index in [1.54, 1.807) is 12.0 Å². The quantitative estimate of drug-likeness (QED) is 0.574. The molecule has 1 N–H and O–H groups in total. The molecule has 35 heavy (non-hydrogen) atoms. The van der Waals surface area contributed by atoms with Crippen molar-refractivity contribution in [1.29, 1.82) is 0 Å². The van der Waals surface area contributed by atoms with Crippen molar-refractivity contribution in [3.8, 4) is 23.8 Å². The standard InChI is InChI=1S/C29H27NO5/c1-4-22-29(32)15-19-18-7-5-6-8-20(18)34-24(19)26-28(29,13-14-30(22)27(31)17-10-11-17)23-16(2)9-12-21(33-3)25(23)35-26/h1,5-9,12,17,22,26,32H,10-11,13-15H2,2-3H3/t22-,26+,28+,29-/m1/s1.